The molecule has 2 bridgehead atoms. The summed E-state index contributed by atoms with van der Waals surface area (Å²) in [5.74, 6) is 4.05. The van der Waals surface area contributed by atoms with Crippen molar-refractivity contribution in [1.82, 2.24) is 0 Å². The second-order valence-electron chi connectivity index (χ2n) is 6.72. The van der Waals surface area contributed by atoms with Gasteiger partial charge in [-0.25, -0.2) is 0 Å². The molecule has 3 atom stereocenters. The summed E-state index contributed by atoms with van der Waals surface area (Å²) in [7, 11) is 0. The van der Waals surface area contributed by atoms with Crippen molar-refractivity contribution in [2.45, 2.75) is 25.8 Å². The Balaban J connectivity index is 1.37. The lowest BCUT2D eigenvalue weighted by atomic mass is 9.93. The molecule has 0 unspecified atom stereocenters. The van der Waals surface area contributed by atoms with Crippen molar-refractivity contribution in [2.24, 2.45) is 17.8 Å². The molecule has 4 rings (SSSR count). The van der Waals surface area contributed by atoms with Gasteiger partial charge in [0, 0.05) is 17.9 Å². The molecular weight excluding hydrogens is 298 g/mol. The molecule has 118 valence electrons. The molecule has 22 heavy (non-hydrogen) atoms. The summed E-state index contributed by atoms with van der Waals surface area (Å²) in [4.78, 5) is 0. The predicted molar refractivity (Wildman–Crippen MR) is 86.4 cm³/mol. The Morgan fingerprint density at radius 3 is 2.86 bits per heavy atom. The highest BCUT2D eigenvalue weighted by Crippen LogP contribution is 2.42. The van der Waals surface area contributed by atoms with Gasteiger partial charge in [0.1, 0.15) is 6.54 Å². The number of rotatable bonds is 4. The van der Waals surface area contributed by atoms with E-state index in [0.717, 1.165) is 36.5 Å². The Morgan fingerprint density at radius 2 is 2.05 bits per heavy atom. The van der Waals surface area contributed by atoms with Gasteiger partial charge in [0.25, 0.3) is 0 Å². The molecule has 0 amide bonds. The van der Waals surface area contributed by atoms with Crippen LogP contribution in [0, 0.1) is 17.8 Å². The standard InChI is InChI=1S/C18H22ClNO2/c19-16-8-13(9-17-18(16)22-5-1-4-21-17)10-20-11-15-7-12-2-3-14(15)6-12/h2-3,8-9,12,14-15,20H,1,4-7,10-11H2/p+1/t12-,14+,15+/m1/s1. The van der Waals surface area contributed by atoms with Gasteiger partial charge in [0.2, 0.25) is 0 Å². The van der Waals surface area contributed by atoms with Crippen LogP contribution < -0.4 is 14.8 Å². The van der Waals surface area contributed by atoms with Crippen molar-refractivity contribution in [1.29, 1.82) is 0 Å². The lowest BCUT2D eigenvalue weighted by molar-refractivity contribution is -0.676. The van der Waals surface area contributed by atoms with Crippen molar-refractivity contribution >= 4 is 11.6 Å². The highest BCUT2D eigenvalue weighted by molar-refractivity contribution is 6.32. The van der Waals surface area contributed by atoms with Gasteiger partial charge >= 0.3 is 0 Å². The molecule has 1 aromatic rings. The molecule has 3 nitrogen and oxygen atoms in total. The number of halogens is 1. The maximum Gasteiger partial charge on any atom is 0.179 e. The van der Waals surface area contributed by atoms with Gasteiger partial charge in [0.05, 0.1) is 24.8 Å². The Hall–Kier alpha value is -1.19. The van der Waals surface area contributed by atoms with E-state index in [1.165, 1.54) is 24.9 Å². The third-order valence-corrected chi connectivity index (χ3v) is 5.41. The summed E-state index contributed by atoms with van der Waals surface area (Å²) in [5, 5.41) is 3.08. The van der Waals surface area contributed by atoms with Crippen LogP contribution >= 0.6 is 11.6 Å². The summed E-state index contributed by atoms with van der Waals surface area (Å²) in [5.41, 5.74) is 1.22. The minimum absolute atomic E-state index is 0.672. The second-order valence-corrected chi connectivity index (χ2v) is 7.13. The van der Waals surface area contributed by atoms with Crippen molar-refractivity contribution in [3.05, 3.63) is 34.9 Å². The fourth-order valence-electron chi connectivity index (χ4n) is 4.03. The molecule has 4 heteroatoms. The predicted octanol–water partition coefficient (Wildman–Crippen LogP) is 2.78. The quantitative estimate of drug-likeness (QED) is 0.866. The molecule has 0 saturated heterocycles. The number of benzene rings is 1. The molecular formula is C18H23ClNO2+. The minimum Gasteiger partial charge on any atom is -0.489 e. The van der Waals surface area contributed by atoms with E-state index in [1.807, 2.05) is 6.07 Å². The van der Waals surface area contributed by atoms with E-state index in [-0.39, 0.29) is 0 Å². The zero-order valence-corrected chi connectivity index (χ0v) is 13.5. The summed E-state index contributed by atoms with van der Waals surface area (Å²) in [6, 6.07) is 4.11. The van der Waals surface area contributed by atoms with Crippen LogP contribution in [-0.4, -0.2) is 19.8 Å². The molecule has 1 heterocycles. The van der Waals surface area contributed by atoms with Gasteiger partial charge in [-0.15, -0.1) is 0 Å². The van der Waals surface area contributed by atoms with Gasteiger partial charge < -0.3 is 14.8 Å². The van der Waals surface area contributed by atoms with Crippen LogP contribution in [-0.2, 0) is 6.54 Å². The van der Waals surface area contributed by atoms with E-state index in [1.54, 1.807) is 0 Å². The van der Waals surface area contributed by atoms with Crippen LogP contribution in [0.5, 0.6) is 11.5 Å². The fraction of sp³-hybridized carbons (Fsp3) is 0.556. The Bertz CT molecular complexity index is 587. The third-order valence-electron chi connectivity index (χ3n) is 5.13. The zero-order valence-electron chi connectivity index (χ0n) is 12.8. The van der Waals surface area contributed by atoms with E-state index < -0.39 is 0 Å². The molecule has 0 radical (unpaired) electrons. The van der Waals surface area contributed by atoms with Crippen molar-refractivity contribution in [2.75, 3.05) is 19.8 Å². The Kier molecular flexibility index (Phi) is 4.01. The van der Waals surface area contributed by atoms with E-state index in [4.69, 9.17) is 21.1 Å². The highest BCUT2D eigenvalue weighted by atomic mass is 35.5. The molecule has 1 aromatic carbocycles. The summed E-state index contributed by atoms with van der Waals surface area (Å²) >= 11 is 6.35. The topological polar surface area (TPSA) is 35.1 Å². The van der Waals surface area contributed by atoms with Crippen LogP contribution in [0.3, 0.4) is 0 Å². The molecule has 1 saturated carbocycles. The van der Waals surface area contributed by atoms with Crippen LogP contribution in [0.4, 0.5) is 0 Å². The Morgan fingerprint density at radius 1 is 1.14 bits per heavy atom. The summed E-state index contributed by atoms with van der Waals surface area (Å²) in [6.45, 7) is 3.54. The normalized spacial score (nSPS) is 28.9. The fourth-order valence-corrected chi connectivity index (χ4v) is 4.32. The maximum atomic E-state index is 6.35. The summed E-state index contributed by atoms with van der Waals surface area (Å²) < 4.78 is 11.4. The minimum atomic E-state index is 0.672. The highest BCUT2D eigenvalue weighted by Gasteiger charge is 2.36. The molecule has 1 aliphatic heterocycles. The number of fused-ring (bicyclic) bond motifs is 3. The van der Waals surface area contributed by atoms with E-state index in [2.05, 4.69) is 23.5 Å². The van der Waals surface area contributed by atoms with E-state index in [9.17, 15) is 0 Å². The van der Waals surface area contributed by atoms with Crippen molar-refractivity contribution in [3.63, 3.8) is 0 Å². The Labute approximate surface area is 136 Å². The second kappa shape index (κ2) is 6.13. The van der Waals surface area contributed by atoms with Crippen LogP contribution in [0.2, 0.25) is 5.02 Å². The molecule has 0 aromatic heterocycles. The van der Waals surface area contributed by atoms with Gasteiger partial charge in [-0.3, -0.25) is 0 Å². The van der Waals surface area contributed by atoms with Gasteiger partial charge in [-0.05, 0) is 36.8 Å². The third kappa shape index (κ3) is 2.84. The molecule has 2 aliphatic carbocycles. The monoisotopic (exact) mass is 320 g/mol. The first-order chi connectivity index (χ1) is 10.8. The van der Waals surface area contributed by atoms with Crippen LogP contribution in [0.1, 0.15) is 24.8 Å². The smallest absolute Gasteiger partial charge is 0.179 e. The summed E-state index contributed by atoms with van der Waals surface area (Å²) in [6.07, 6.45) is 8.50. The number of hydrogen-bond donors (Lipinski definition) is 1. The SMILES string of the molecule is Clc1cc(C[NH2+]C[C@@H]2C[C@@H]3C=C[C@H]2C3)cc2c1OCCCO2. The lowest BCUT2D eigenvalue weighted by Gasteiger charge is -2.16. The number of quaternary nitrogens is 1. The molecule has 3 aliphatic rings. The van der Waals surface area contributed by atoms with Gasteiger partial charge in [-0.2, -0.15) is 0 Å². The number of hydrogen-bond acceptors (Lipinski definition) is 2. The largest absolute Gasteiger partial charge is 0.489 e. The number of ether oxygens (including phenoxy) is 2. The molecule has 0 spiro atoms. The van der Waals surface area contributed by atoms with Crippen LogP contribution in [0.25, 0.3) is 0 Å². The first kappa shape index (κ1) is 14.4. The van der Waals surface area contributed by atoms with Crippen LogP contribution in [0.15, 0.2) is 24.3 Å². The van der Waals surface area contributed by atoms with Gasteiger partial charge in [0.15, 0.2) is 11.5 Å². The van der Waals surface area contributed by atoms with E-state index >= 15 is 0 Å². The molecule has 2 N–H and O–H groups in total. The number of nitrogens with two attached hydrogens (primary N) is 1. The van der Waals surface area contributed by atoms with Crippen molar-refractivity contribution < 1.29 is 14.8 Å². The first-order valence-electron chi connectivity index (χ1n) is 8.37. The first-order valence-corrected chi connectivity index (χ1v) is 8.75. The van der Waals surface area contributed by atoms with Gasteiger partial charge in [-0.1, -0.05) is 23.8 Å². The zero-order chi connectivity index (χ0) is 14.9. The number of allylic oxidation sites excluding steroid dienone is 2. The van der Waals surface area contributed by atoms with Crippen molar-refractivity contribution in [3.8, 4) is 11.5 Å². The average Bonchev–Trinajstić information content (AvgIpc) is 3.04. The maximum absolute atomic E-state index is 6.35. The molecule has 1 fully saturated rings. The van der Waals surface area contributed by atoms with E-state index in [0.29, 0.717) is 24.0 Å². The lowest BCUT2D eigenvalue weighted by Crippen LogP contribution is -2.84. The average molecular weight is 321 g/mol.